The molecular weight excluding hydrogens is 220 g/mol. The highest BCUT2D eigenvalue weighted by Crippen LogP contribution is 2.15. The van der Waals surface area contributed by atoms with Gasteiger partial charge < -0.3 is 16.8 Å². The molecule has 5 heteroatoms. The lowest BCUT2D eigenvalue weighted by atomic mass is 10.3. The maximum absolute atomic E-state index is 5.61. The van der Waals surface area contributed by atoms with Crippen molar-refractivity contribution in [3.8, 4) is 0 Å². The Morgan fingerprint density at radius 1 is 1.25 bits per heavy atom. The van der Waals surface area contributed by atoms with E-state index in [0.717, 1.165) is 18.8 Å². The van der Waals surface area contributed by atoms with Crippen molar-refractivity contribution in [2.24, 2.45) is 0 Å². The Morgan fingerprint density at radius 2 is 2.12 bits per heavy atom. The highest BCUT2D eigenvalue weighted by atomic mass is 32.1. The summed E-state index contributed by atoms with van der Waals surface area (Å²) in [5, 5.41) is 5.29. The smallest absolute Gasteiger partial charge is 0.149 e. The van der Waals surface area contributed by atoms with Crippen LogP contribution in [0.4, 0.5) is 17.3 Å². The molecule has 16 heavy (non-hydrogen) atoms. The van der Waals surface area contributed by atoms with E-state index < -0.39 is 0 Å². The van der Waals surface area contributed by atoms with Gasteiger partial charge in [-0.25, -0.2) is 4.98 Å². The van der Waals surface area contributed by atoms with Crippen molar-refractivity contribution in [2.75, 3.05) is 23.3 Å². The number of nitrogens with zero attached hydrogens (tertiary/aromatic N) is 1. The van der Waals surface area contributed by atoms with Gasteiger partial charge in [-0.1, -0.05) is 6.07 Å². The summed E-state index contributed by atoms with van der Waals surface area (Å²) >= 11 is 1.76. The molecule has 84 valence electrons. The molecule has 0 aliphatic carbocycles. The predicted molar refractivity (Wildman–Crippen MR) is 69.6 cm³/mol. The molecule has 0 aliphatic rings. The number of nitrogen functional groups attached to an aromatic ring is 2. The zero-order valence-corrected chi connectivity index (χ0v) is 9.63. The Hall–Kier alpha value is -1.75. The molecule has 0 fully saturated rings. The van der Waals surface area contributed by atoms with Gasteiger partial charge in [-0.15, -0.1) is 11.3 Å². The van der Waals surface area contributed by atoms with E-state index in [-0.39, 0.29) is 0 Å². The molecule has 0 saturated carbocycles. The summed E-state index contributed by atoms with van der Waals surface area (Å²) in [6.45, 7) is 0.844. The third-order valence-corrected chi connectivity index (χ3v) is 3.15. The first-order chi connectivity index (χ1) is 7.75. The van der Waals surface area contributed by atoms with Crippen LogP contribution >= 0.6 is 11.3 Å². The second-order valence-corrected chi connectivity index (χ2v) is 4.46. The van der Waals surface area contributed by atoms with Gasteiger partial charge >= 0.3 is 0 Å². The Morgan fingerprint density at radius 3 is 2.81 bits per heavy atom. The SMILES string of the molecule is Nc1ccc(NCCc2cccs2)nc1N. The van der Waals surface area contributed by atoms with Crippen LogP contribution in [0, 0.1) is 0 Å². The fraction of sp³-hybridized carbons (Fsp3) is 0.182. The first kappa shape index (κ1) is 10.8. The summed E-state index contributed by atoms with van der Waals surface area (Å²) < 4.78 is 0. The van der Waals surface area contributed by atoms with E-state index in [0.29, 0.717) is 11.5 Å². The molecule has 2 rings (SSSR count). The Bertz CT molecular complexity index is 453. The number of aromatic nitrogens is 1. The van der Waals surface area contributed by atoms with E-state index >= 15 is 0 Å². The van der Waals surface area contributed by atoms with E-state index in [1.54, 1.807) is 17.4 Å². The minimum Gasteiger partial charge on any atom is -0.396 e. The van der Waals surface area contributed by atoms with Crippen molar-refractivity contribution in [3.05, 3.63) is 34.5 Å². The molecule has 2 heterocycles. The van der Waals surface area contributed by atoms with Crippen LogP contribution in [0.5, 0.6) is 0 Å². The Kier molecular flexibility index (Phi) is 3.26. The standard InChI is InChI=1S/C11H14N4S/c12-9-3-4-10(15-11(9)13)14-6-5-8-2-1-7-16-8/h1-4,7H,5-6,12H2,(H3,13,14,15). The lowest BCUT2D eigenvalue weighted by molar-refractivity contribution is 1.03. The van der Waals surface area contributed by atoms with Crippen molar-refractivity contribution >= 4 is 28.7 Å². The number of rotatable bonds is 4. The lowest BCUT2D eigenvalue weighted by Gasteiger charge is -2.06. The van der Waals surface area contributed by atoms with E-state index in [4.69, 9.17) is 11.5 Å². The summed E-state index contributed by atoms with van der Waals surface area (Å²) in [4.78, 5) is 5.49. The topological polar surface area (TPSA) is 77.0 Å². The zero-order valence-electron chi connectivity index (χ0n) is 8.81. The molecule has 0 amide bonds. The predicted octanol–water partition coefficient (Wildman–Crippen LogP) is 1.96. The van der Waals surface area contributed by atoms with Crippen molar-refractivity contribution < 1.29 is 0 Å². The van der Waals surface area contributed by atoms with Gasteiger partial charge in [0.05, 0.1) is 5.69 Å². The van der Waals surface area contributed by atoms with Crippen LogP contribution in [0.1, 0.15) is 4.88 Å². The molecule has 4 nitrogen and oxygen atoms in total. The number of hydrogen-bond acceptors (Lipinski definition) is 5. The Labute approximate surface area is 98.3 Å². The van der Waals surface area contributed by atoms with Gasteiger partial charge in [0.15, 0.2) is 0 Å². The van der Waals surface area contributed by atoms with Gasteiger partial charge in [-0.2, -0.15) is 0 Å². The highest BCUT2D eigenvalue weighted by Gasteiger charge is 1.99. The van der Waals surface area contributed by atoms with Gasteiger partial charge in [0.1, 0.15) is 11.6 Å². The Balaban J connectivity index is 1.87. The molecule has 0 bridgehead atoms. The molecule has 0 spiro atoms. The maximum Gasteiger partial charge on any atom is 0.149 e. The molecule has 2 aromatic rings. The lowest BCUT2D eigenvalue weighted by Crippen LogP contribution is -2.07. The molecule has 5 N–H and O–H groups in total. The minimum absolute atomic E-state index is 0.376. The van der Waals surface area contributed by atoms with Gasteiger partial charge in [0, 0.05) is 11.4 Å². The van der Waals surface area contributed by atoms with Crippen molar-refractivity contribution in [3.63, 3.8) is 0 Å². The summed E-state index contributed by atoms with van der Waals surface area (Å²) in [6, 6.07) is 7.77. The third kappa shape index (κ3) is 2.64. The van der Waals surface area contributed by atoms with Crippen LogP contribution < -0.4 is 16.8 Å². The molecule has 0 aliphatic heterocycles. The summed E-state index contributed by atoms with van der Waals surface area (Å²) in [7, 11) is 0. The number of thiophene rings is 1. The second-order valence-electron chi connectivity index (χ2n) is 3.43. The quantitative estimate of drug-likeness (QED) is 0.755. The second kappa shape index (κ2) is 4.85. The molecule has 2 aromatic heterocycles. The molecular formula is C11H14N4S. The van der Waals surface area contributed by atoms with Gasteiger partial charge in [0.2, 0.25) is 0 Å². The van der Waals surface area contributed by atoms with Crippen LogP contribution in [-0.2, 0) is 6.42 Å². The molecule has 0 saturated heterocycles. The highest BCUT2D eigenvalue weighted by molar-refractivity contribution is 7.09. The number of nitrogens with two attached hydrogens (primary N) is 2. The maximum atomic E-state index is 5.61. The number of nitrogens with one attached hydrogen (secondary N) is 1. The average Bonchev–Trinajstić information content (AvgIpc) is 2.76. The van der Waals surface area contributed by atoms with Crippen molar-refractivity contribution in [2.45, 2.75) is 6.42 Å². The van der Waals surface area contributed by atoms with Crippen LogP contribution in [0.15, 0.2) is 29.6 Å². The third-order valence-electron chi connectivity index (χ3n) is 2.22. The fourth-order valence-electron chi connectivity index (χ4n) is 1.35. The van der Waals surface area contributed by atoms with E-state index in [2.05, 4.69) is 27.8 Å². The molecule has 0 atom stereocenters. The number of hydrogen-bond donors (Lipinski definition) is 3. The van der Waals surface area contributed by atoms with E-state index in [9.17, 15) is 0 Å². The van der Waals surface area contributed by atoms with Gasteiger partial charge in [-0.3, -0.25) is 0 Å². The number of anilines is 3. The van der Waals surface area contributed by atoms with E-state index in [1.807, 2.05) is 6.07 Å². The summed E-state index contributed by atoms with van der Waals surface area (Å²) in [5.74, 6) is 1.14. The fourth-order valence-corrected chi connectivity index (χ4v) is 2.06. The average molecular weight is 234 g/mol. The van der Waals surface area contributed by atoms with Crippen LogP contribution in [0.2, 0.25) is 0 Å². The molecule has 0 aromatic carbocycles. The molecule has 0 unspecified atom stereocenters. The monoisotopic (exact) mass is 234 g/mol. The summed E-state index contributed by atoms with van der Waals surface area (Å²) in [6.07, 6.45) is 0.990. The first-order valence-electron chi connectivity index (χ1n) is 5.04. The van der Waals surface area contributed by atoms with Crippen molar-refractivity contribution in [1.29, 1.82) is 0 Å². The number of pyridine rings is 1. The largest absolute Gasteiger partial charge is 0.396 e. The van der Waals surface area contributed by atoms with E-state index in [1.165, 1.54) is 4.88 Å². The molecule has 0 radical (unpaired) electrons. The van der Waals surface area contributed by atoms with Gasteiger partial charge in [-0.05, 0) is 30.0 Å². The van der Waals surface area contributed by atoms with Crippen molar-refractivity contribution in [1.82, 2.24) is 4.98 Å². The normalized spacial score (nSPS) is 10.2. The minimum atomic E-state index is 0.376. The zero-order chi connectivity index (χ0) is 11.4. The van der Waals surface area contributed by atoms with Crippen LogP contribution in [0.25, 0.3) is 0 Å². The first-order valence-corrected chi connectivity index (χ1v) is 5.92. The van der Waals surface area contributed by atoms with Crippen LogP contribution in [0.3, 0.4) is 0 Å². The van der Waals surface area contributed by atoms with Crippen LogP contribution in [-0.4, -0.2) is 11.5 Å². The van der Waals surface area contributed by atoms with Gasteiger partial charge in [0.25, 0.3) is 0 Å². The summed E-state index contributed by atoms with van der Waals surface area (Å²) in [5.41, 5.74) is 11.7.